The number of rotatable bonds is 4. The van der Waals surface area contributed by atoms with Crippen molar-refractivity contribution >= 4 is 43.1 Å². The molecular weight excluding hydrogens is 364 g/mol. The van der Waals surface area contributed by atoms with Crippen molar-refractivity contribution in [3.05, 3.63) is 55.9 Å². The van der Waals surface area contributed by atoms with Crippen LogP contribution in [0.2, 0.25) is 0 Å². The molecule has 5 nitrogen and oxygen atoms in total. The second-order valence-corrected chi connectivity index (χ2v) is 9.13. The topological polar surface area (TPSA) is 63.1 Å². The second kappa shape index (κ2) is 6.26. The SMILES string of the molecule is C[NH+](Cc1nc2sc3c(c2c(=O)[nH]1)CCC3)Cc1nc2ccccc2s1. The minimum absolute atomic E-state index is 0.0252. The maximum Gasteiger partial charge on any atom is 0.260 e. The highest BCUT2D eigenvalue weighted by atomic mass is 32.1. The molecule has 1 unspecified atom stereocenters. The number of aromatic amines is 1. The molecule has 0 radical (unpaired) electrons. The summed E-state index contributed by atoms with van der Waals surface area (Å²) in [4.78, 5) is 28.5. The molecule has 132 valence electrons. The third-order valence-electron chi connectivity index (χ3n) is 4.88. The lowest BCUT2D eigenvalue weighted by molar-refractivity contribution is -0.908. The van der Waals surface area contributed by atoms with E-state index in [9.17, 15) is 4.79 Å². The fourth-order valence-electron chi connectivity index (χ4n) is 3.73. The summed E-state index contributed by atoms with van der Waals surface area (Å²) in [7, 11) is 2.12. The van der Waals surface area contributed by atoms with E-state index in [0.29, 0.717) is 6.54 Å². The summed E-state index contributed by atoms with van der Waals surface area (Å²) in [5.41, 5.74) is 2.32. The van der Waals surface area contributed by atoms with Crippen LogP contribution in [-0.4, -0.2) is 22.0 Å². The molecule has 1 aliphatic carbocycles. The van der Waals surface area contributed by atoms with Crippen LogP contribution in [0.5, 0.6) is 0 Å². The van der Waals surface area contributed by atoms with Crippen molar-refractivity contribution in [2.24, 2.45) is 0 Å². The zero-order valence-electron chi connectivity index (χ0n) is 14.5. The summed E-state index contributed by atoms with van der Waals surface area (Å²) < 4.78 is 1.22. The molecule has 0 aliphatic heterocycles. The van der Waals surface area contributed by atoms with Gasteiger partial charge in [-0.05, 0) is 37.0 Å². The molecule has 26 heavy (non-hydrogen) atoms. The van der Waals surface area contributed by atoms with Crippen molar-refractivity contribution in [2.75, 3.05) is 7.05 Å². The zero-order chi connectivity index (χ0) is 17.7. The Morgan fingerprint density at radius 2 is 2.04 bits per heavy atom. The van der Waals surface area contributed by atoms with Crippen LogP contribution in [0, 0.1) is 0 Å². The Labute approximate surface area is 158 Å². The van der Waals surface area contributed by atoms with Crippen LogP contribution in [0.25, 0.3) is 20.4 Å². The molecule has 7 heteroatoms. The third kappa shape index (κ3) is 2.76. The van der Waals surface area contributed by atoms with Gasteiger partial charge in [0.05, 0.1) is 22.7 Å². The molecule has 2 N–H and O–H groups in total. The van der Waals surface area contributed by atoms with Gasteiger partial charge in [-0.1, -0.05) is 12.1 Å². The summed E-state index contributed by atoms with van der Waals surface area (Å²) >= 11 is 3.43. The number of aryl methyl sites for hydroxylation is 2. The van der Waals surface area contributed by atoms with Crippen molar-refractivity contribution in [1.82, 2.24) is 15.0 Å². The Balaban J connectivity index is 1.39. The molecule has 1 aliphatic rings. The molecule has 0 saturated heterocycles. The molecule has 4 aromatic rings. The predicted octanol–water partition coefficient (Wildman–Crippen LogP) is 2.30. The first-order valence-electron chi connectivity index (χ1n) is 8.86. The van der Waals surface area contributed by atoms with Crippen LogP contribution < -0.4 is 10.5 Å². The minimum Gasteiger partial charge on any atom is -0.325 e. The molecule has 5 rings (SSSR count). The summed E-state index contributed by atoms with van der Waals surface area (Å²) in [5.74, 6) is 0.765. The number of nitrogens with zero attached hydrogens (tertiary/aromatic N) is 2. The van der Waals surface area contributed by atoms with Crippen LogP contribution in [0.15, 0.2) is 29.1 Å². The number of fused-ring (bicyclic) bond motifs is 4. The maximum atomic E-state index is 12.6. The van der Waals surface area contributed by atoms with Gasteiger partial charge in [0, 0.05) is 4.88 Å². The largest absolute Gasteiger partial charge is 0.325 e. The van der Waals surface area contributed by atoms with Gasteiger partial charge in [0.15, 0.2) is 5.82 Å². The fourth-order valence-corrected chi connectivity index (χ4v) is 6.09. The van der Waals surface area contributed by atoms with Crippen LogP contribution in [-0.2, 0) is 25.9 Å². The van der Waals surface area contributed by atoms with E-state index in [1.807, 2.05) is 18.2 Å². The molecule has 0 amide bonds. The average molecular weight is 384 g/mol. The highest BCUT2D eigenvalue weighted by Crippen LogP contribution is 2.34. The summed E-state index contributed by atoms with van der Waals surface area (Å²) in [6.45, 7) is 1.51. The van der Waals surface area contributed by atoms with Gasteiger partial charge in [0.2, 0.25) is 0 Å². The first-order valence-corrected chi connectivity index (χ1v) is 10.5. The Kier molecular flexibility index (Phi) is 3.88. The Bertz CT molecular complexity index is 1140. The van der Waals surface area contributed by atoms with Gasteiger partial charge >= 0.3 is 0 Å². The molecular formula is C19H19N4OS2+. The first-order chi connectivity index (χ1) is 12.7. The summed E-state index contributed by atoms with van der Waals surface area (Å²) in [6, 6.07) is 8.22. The van der Waals surface area contributed by atoms with Crippen molar-refractivity contribution in [1.29, 1.82) is 0 Å². The summed E-state index contributed by atoms with van der Waals surface area (Å²) in [5, 5.41) is 1.94. The highest BCUT2D eigenvalue weighted by molar-refractivity contribution is 7.19. The predicted molar refractivity (Wildman–Crippen MR) is 106 cm³/mol. The quantitative estimate of drug-likeness (QED) is 0.568. The molecule has 0 saturated carbocycles. The number of nitrogens with one attached hydrogen (secondary N) is 2. The van der Waals surface area contributed by atoms with E-state index in [4.69, 9.17) is 9.97 Å². The maximum absolute atomic E-state index is 12.6. The molecule has 1 atom stereocenters. The number of aromatic nitrogens is 3. The van der Waals surface area contributed by atoms with E-state index in [1.54, 1.807) is 22.7 Å². The van der Waals surface area contributed by atoms with Gasteiger partial charge in [-0.25, -0.2) is 9.97 Å². The van der Waals surface area contributed by atoms with Gasteiger partial charge in [-0.2, -0.15) is 0 Å². The number of hydrogen-bond donors (Lipinski definition) is 2. The monoisotopic (exact) mass is 383 g/mol. The van der Waals surface area contributed by atoms with Gasteiger partial charge in [0.25, 0.3) is 5.56 Å². The van der Waals surface area contributed by atoms with E-state index in [2.05, 4.69) is 18.1 Å². The lowest BCUT2D eigenvalue weighted by Crippen LogP contribution is -3.06. The molecule has 1 aromatic carbocycles. The molecule has 0 bridgehead atoms. The van der Waals surface area contributed by atoms with Crippen LogP contribution in [0.3, 0.4) is 0 Å². The van der Waals surface area contributed by atoms with Crippen molar-refractivity contribution in [3.8, 4) is 0 Å². The van der Waals surface area contributed by atoms with Crippen LogP contribution in [0.1, 0.15) is 27.7 Å². The lowest BCUT2D eigenvalue weighted by Gasteiger charge is -2.11. The van der Waals surface area contributed by atoms with Crippen LogP contribution in [0.4, 0.5) is 0 Å². The number of hydrogen-bond acceptors (Lipinski definition) is 5. The molecule has 0 fully saturated rings. The van der Waals surface area contributed by atoms with E-state index in [1.165, 1.54) is 20.0 Å². The smallest absolute Gasteiger partial charge is 0.260 e. The molecule has 3 heterocycles. The van der Waals surface area contributed by atoms with E-state index < -0.39 is 0 Å². The van der Waals surface area contributed by atoms with Gasteiger partial charge in [0.1, 0.15) is 22.9 Å². The standard InChI is InChI=1S/C19H18N4OS2/c1-23(10-16-20-12-6-2-3-7-14(12)25-16)9-15-21-18(24)17-11-5-4-8-13(11)26-19(17)22-15/h2-3,6-7H,4-5,8-10H2,1H3,(H,21,22,24)/p+1. The van der Waals surface area contributed by atoms with E-state index >= 15 is 0 Å². The van der Waals surface area contributed by atoms with Crippen molar-refractivity contribution < 1.29 is 4.90 Å². The van der Waals surface area contributed by atoms with Gasteiger partial charge in [-0.15, -0.1) is 22.7 Å². The van der Waals surface area contributed by atoms with Crippen LogP contribution >= 0.6 is 22.7 Å². The Hall–Kier alpha value is -2.09. The number of H-pyrrole nitrogens is 1. The molecule has 3 aromatic heterocycles. The molecule has 0 spiro atoms. The number of benzene rings is 1. The number of thiazole rings is 1. The first kappa shape index (κ1) is 16.1. The van der Waals surface area contributed by atoms with E-state index in [-0.39, 0.29) is 5.56 Å². The number of para-hydroxylation sites is 1. The minimum atomic E-state index is 0.0252. The number of thiophene rings is 1. The average Bonchev–Trinajstić information content (AvgIpc) is 3.27. The zero-order valence-corrected chi connectivity index (χ0v) is 16.1. The normalized spacial score (nSPS) is 15.0. The second-order valence-electron chi connectivity index (χ2n) is 6.94. The van der Waals surface area contributed by atoms with Gasteiger partial charge in [-0.3, -0.25) is 4.79 Å². The Morgan fingerprint density at radius 1 is 1.15 bits per heavy atom. The summed E-state index contributed by atoms with van der Waals surface area (Å²) in [6.07, 6.45) is 3.27. The Morgan fingerprint density at radius 3 is 2.92 bits per heavy atom. The van der Waals surface area contributed by atoms with Crippen molar-refractivity contribution in [3.63, 3.8) is 0 Å². The van der Waals surface area contributed by atoms with Gasteiger partial charge < -0.3 is 9.88 Å². The van der Waals surface area contributed by atoms with E-state index in [0.717, 1.165) is 52.4 Å². The number of quaternary nitrogens is 1. The highest BCUT2D eigenvalue weighted by Gasteiger charge is 2.21. The van der Waals surface area contributed by atoms with Crippen molar-refractivity contribution in [2.45, 2.75) is 32.4 Å². The third-order valence-corrected chi connectivity index (χ3v) is 7.11. The fraction of sp³-hybridized carbons (Fsp3) is 0.316. The lowest BCUT2D eigenvalue weighted by atomic mass is 10.2.